The molecule has 2 aromatic carbocycles. The summed E-state index contributed by atoms with van der Waals surface area (Å²) in [6.45, 7) is 11.6. The number of anilines is 1. The lowest BCUT2D eigenvalue weighted by Gasteiger charge is -2.33. The number of hydrogen-bond donors (Lipinski definition) is 1. The lowest BCUT2D eigenvalue weighted by atomic mass is 10.0. The summed E-state index contributed by atoms with van der Waals surface area (Å²) in [6.07, 6.45) is -0.841. The van der Waals surface area contributed by atoms with Crippen molar-refractivity contribution in [3.63, 3.8) is 0 Å². The minimum absolute atomic E-state index is 0.345. The Balaban J connectivity index is 1.77. The van der Waals surface area contributed by atoms with Crippen molar-refractivity contribution >= 4 is 17.9 Å². The third kappa shape index (κ3) is 7.14. The van der Waals surface area contributed by atoms with E-state index in [0.29, 0.717) is 13.1 Å². The minimum atomic E-state index is -0.713. The SMILES string of the molecule is CC(C)(C)OC(=O)N1CCN(C(=O)OC(C)(C)C)C1Nc1ccc(Cc2ccccc2)cc1. The van der Waals surface area contributed by atoms with E-state index in [0.717, 1.165) is 12.1 Å². The molecule has 0 spiro atoms. The first-order valence-corrected chi connectivity index (χ1v) is 11.3. The molecule has 0 atom stereocenters. The normalized spacial score (nSPS) is 14.8. The van der Waals surface area contributed by atoms with Crippen LogP contribution in [0, 0.1) is 0 Å². The predicted molar refractivity (Wildman–Crippen MR) is 129 cm³/mol. The fraction of sp³-hybridized carbons (Fsp3) is 0.462. The van der Waals surface area contributed by atoms with Gasteiger partial charge in [0, 0.05) is 18.8 Å². The second-order valence-electron chi connectivity index (χ2n) is 10.2. The molecule has 7 nitrogen and oxygen atoms in total. The van der Waals surface area contributed by atoms with E-state index >= 15 is 0 Å². The average molecular weight is 454 g/mol. The van der Waals surface area contributed by atoms with Gasteiger partial charge in [0.25, 0.3) is 0 Å². The molecule has 33 heavy (non-hydrogen) atoms. The first-order chi connectivity index (χ1) is 15.4. The first kappa shape index (κ1) is 24.4. The van der Waals surface area contributed by atoms with Gasteiger partial charge in [-0.15, -0.1) is 0 Å². The molecular formula is C26H35N3O4. The maximum Gasteiger partial charge on any atom is 0.413 e. The highest BCUT2D eigenvalue weighted by Crippen LogP contribution is 2.24. The highest BCUT2D eigenvalue weighted by Gasteiger charge is 2.41. The largest absolute Gasteiger partial charge is 0.444 e. The van der Waals surface area contributed by atoms with Crippen molar-refractivity contribution in [1.82, 2.24) is 9.80 Å². The van der Waals surface area contributed by atoms with Crippen molar-refractivity contribution in [2.45, 2.75) is 65.5 Å². The van der Waals surface area contributed by atoms with Crippen molar-refractivity contribution < 1.29 is 19.1 Å². The van der Waals surface area contributed by atoms with Crippen LogP contribution >= 0.6 is 0 Å². The molecule has 1 fully saturated rings. The Morgan fingerprint density at radius 2 is 1.24 bits per heavy atom. The number of rotatable bonds is 4. The Kier molecular flexibility index (Phi) is 7.20. The van der Waals surface area contributed by atoms with E-state index in [9.17, 15) is 9.59 Å². The van der Waals surface area contributed by atoms with Crippen LogP contribution in [0.25, 0.3) is 0 Å². The van der Waals surface area contributed by atoms with Crippen LogP contribution in [-0.4, -0.2) is 52.6 Å². The van der Waals surface area contributed by atoms with Gasteiger partial charge < -0.3 is 14.8 Å². The van der Waals surface area contributed by atoms with Gasteiger partial charge in [0.05, 0.1) is 0 Å². The van der Waals surface area contributed by atoms with Crippen LogP contribution in [0.4, 0.5) is 15.3 Å². The van der Waals surface area contributed by atoms with Crippen LogP contribution in [0.5, 0.6) is 0 Å². The van der Waals surface area contributed by atoms with Gasteiger partial charge in [0.15, 0.2) is 6.29 Å². The molecule has 1 N–H and O–H groups in total. The fourth-order valence-corrected chi connectivity index (χ4v) is 3.51. The minimum Gasteiger partial charge on any atom is -0.444 e. The summed E-state index contributed by atoms with van der Waals surface area (Å²) in [4.78, 5) is 28.8. The molecule has 1 aliphatic heterocycles. The smallest absolute Gasteiger partial charge is 0.413 e. The number of nitrogens with one attached hydrogen (secondary N) is 1. The number of benzene rings is 2. The number of carbonyl (C=O) groups is 2. The standard InChI is InChI=1S/C26H35N3O4/c1-25(2,3)32-23(30)28-16-17-29(24(31)33-26(4,5)6)22(28)27-21-14-12-20(13-15-21)18-19-10-8-7-9-11-19/h7-15,22,27H,16-18H2,1-6H3. The van der Waals surface area contributed by atoms with E-state index in [1.54, 1.807) is 0 Å². The third-order valence-electron chi connectivity index (χ3n) is 4.93. The van der Waals surface area contributed by atoms with Crippen molar-refractivity contribution in [1.29, 1.82) is 0 Å². The van der Waals surface area contributed by atoms with E-state index in [-0.39, 0.29) is 0 Å². The second-order valence-corrected chi connectivity index (χ2v) is 10.2. The molecule has 178 valence electrons. The van der Waals surface area contributed by atoms with Gasteiger partial charge in [0.2, 0.25) is 0 Å². The molecule has 0 saturated carbocycles. The summed E-state index contributed by atoms with van der Waals surface area (Å²) in [5, 5.41) is 3.32. The van der Waals surface area contributed by atoms with Crippen LogP contribution in [0.2, 0.25) is 0 Å². The van der Waals surface area contributed by atoms with Crippen molar-refractivity contribution in [2.75, 3.05) is 18.4 Å². The molecule has 2 aromatic rings. The quantitative estimate of drug-likeness (QED) is 0.666. The van der Waals surface area contributed by atoms with Crippen LogP contribution in [-0.2, 0) is 15.9 Å². The van der Waals surface area contributed by atoms with Gasteiger partial charge in [0.1, 0.15) is 11.2 Å². The van der Waals surface area contributed by atoms with Crippen molar-refractivity contribution in [3.05, 3.63) is 65.7 Å². The lowest BCUT2D eigenvalue weighted by molar-refractivity contribution is 0.00489. The van der Waals surface area contributed by atoms with E-state index in [1.165, 1.54) is 20.9 Å². The Morgan fingerprint density at radius 1 is 0.788 bits per heavy atom. The number of hydrogen-bond acceptors (Lipinski definition) is 5. The van der Waals surface area contributed by atoms with Crippen LogP contribution < -0.4 is 5.32 Å². The Bertz CT molecular complexity index is 910. The van der Waals surface area contributed by atoms with Gasteiger partial charge >= 0.3 is 12.2 Å². The Labute approximate surface area is 196 Å². The van der Waals surface area contributed by atoms with Crippen molar-refractivity contribution in [3.8, 4) is 0 Å². The molecule has 0 bridgehead atoms. The van der Waals surface area contributed by atoms with Crippen LogP contribution in [0.15, 0.2) is 54.6 Å². The van der Waals surface area contributed by atoms with Gasteiger partial charge in [-0.1, -0.05) is 42.5 Å². The van der Waals surface area contributed by atoms with Gasteiger partial charge in [-0.3, -0.25) is 9.80 Å². The van der Waals surface area contributed by atoms with Crippen LogP contribution in [0.1, 0.15) is 52.7 Å². The summed E-state index contributed by atoms with van der Waals surface area (Å²) < 4.78 is 11.1. The summed E-state index contributed by atoms with van der Waals surface area (Å²) in [6, 6.07) is 18.3. The molecule has 7 heteroatoms. The molecule has 1 heterocycles. The average Bonchev–Trinajstić information content (AvgIpc) is 3.11. The summed E-state index contributed by atoms with van der Waals surface area (Å²) in [5.41, 5.74) is 1.92. The summed E-state index contributed by atoms with van der Waals surface area (Å²) in [5.74, 6) is 0. The van der Waals surface area contributed by atoms with Crippen LogP contribution in [0.3, 0.4) is 0 Å². The lowest BCUT2D eigenvalue weighted by Crippen LogP contribution is -2.51. The predicted octanol–water partition coefficient (Wildman–Crippen LogP) is 5.46. The third-order valence-corrected chi connectivity index (χ3v) is 4.93. The maximum atomic E-state index is 12.9. The van der Waals surface area contributed by atoms with E-state index < -0.39 is 29.7 Å². The van der Waals surface area contributed by atoms with E-state index in [4.69, 9.17) is 9.47 Å². The number of carbonyl (C=O) groups excluding carboxylic acids is 2. The molecular weight excluding hydrogens is 418 g/mol. The molecule has 0 radical (unpaired) electrons. The van der Waals surface area contributed by atoms with Crippen molar-refractivity contribution in [2.24, 2.45) is 0 Å². The Morgan fingerprint density at radius 3 is 1.70 bits per heavy atom. The highest BCUT2D eigenvalue weighted by atomic mass is 16.6. The first-order valence-electron chi connectivity index (χ1n) is 11.3. The molecule has 0 unspecified atom stereocenters. The maximum absolute atomic E-state index is 12.9. The molecule has 1 saturated heterocycles. The van der Waals surface area contributed by atoms with Gasteiger partial charge in [-0.25, -0.2) is 9.59 Å². The number of ether oxygens (including phenoxy) is 2. The molecule has 1 aliphatic rings. The summed E-state index contributed by atoms with van der Waals surface area (Å²) >= 11 is 0. The summed E-state index contributed by atoms with van der Waals surface area (Å²) in [7, 11) is 0. The fourth-order valence-electron chi connectivity index (χ4n) is 3.51. The molecule has 0 aliphatic carbocycles. The Hall–Kier alpha value is -3.22. The molecule has 3 rings (SSSR count). The van der Waals surface area contributed by atoms with E-state index in [2.05, 4.69) is 17.4 Å². The topological polar surface area (TPSA) is 71.1 Å². The zero-order valence-corrected chi connectivity index (χ0v) is 20.4. The number of nitrogens with zero attached hydrogens (tertiary/aromatic N) is 2. The van der Waals surface area contributed by atoms with Gasteiger partial charge in [-0.2, -0.15) is 0 Å². The monoisotopic (exact) mass is 453 g/mol. The molecule has 0 aromatic heterocycles. The zero-order chi connectivity index (χ0) is 24.2. The highest BCUT2D eigenvalue weighted by molar-refractivity contribution is 5.74. The van der Waals surface area contributed by atoms with Gasteiger partial charge in [-0.05, 0) is 71.2 Å². The van der Waals surface area contributed by atoms with E-state index in [1.807, 2.05) is 84.0 Å². The zero-order valence-electron chi connectivity index (χ0n) is 20.4. The number of amides is 2. The second kappa shape index (κ2) is 9.73. The molecule has 2 amide bonds.